The van der Waals surface area contributed by atoms with E-state index in [2.05, 4.69) is 17.5 Å². The number of aromatic carboxylic acids is 1. The van der Waals surface area contributed by atoms with Crippen molar-refractivity contribution in [2.45, 2.75) is 19.3 Å². The lowest BCUT2D eigenvalue weighted by atomic mass is 9.94. The number of carbonyl (C=O) groups is 1. The summed E-state index contributed by atoms with van der Waals surface area (Å²) < 4.78 is 5.25. The van der Waals surface area contributed by atoms with Crippen molar-refractivity contribution in [1.82, 2.24) is 0 Å². The number of hydrogen-bond donors (Lipinski definition) is 2. The molecule has 1 aliphatic rings. The van der Waals surface area contributed by atoms with Gasteiger partial charge in [0.15, 0.2) is 0 Å². The van der Waals surface area contributed by atoms with Crippen LogP contribution in [-0.4, -0.2) is 24.7 Å². The van der Waals surface area contributed by atoms with Crippen LogP contribution < -0.4 is 10.1 Å². The second-order valence-corrected chi connectivity index (χ2v) is 4.75. The summed E-state index contributed by atoms with van der Waals surface area (Å²) in [6.45, 7) is 0.837. The molecule has 1 aliphatic carbocycles. The van der Waals surface area contributed by atoms with Gasteiger partial charge in [-0.05, 0) is 43.4 Å². The summed E-state index contributed by atoms with van der Waals surface area (Å²) in [7, 11) is 1.59. The molecular formula is C15H19NO3. The summed E-state index contributed by atoms with van der Waals surface area (Å²) in [6, 6.07) is 4.86. The second kappa shape index (κ2) is 6.27. The average molecular weight is 261 g/mol. The number of allylic oxidation sites excluding steroid dienone is 2. The van der Waals surface area contributed by atoms with Crippen molar-refractivity contribution >= 4 is 11.7 Å². The van der Waals surface area contributed by atoms with E-state index in [-0.39, 0.29) is 5.56 Å². The van der Waals surface area contributed by atoms with Gasteiger partial charge >= 0.3 is 5.97 Å². The van der Waals surface area contributed by atoms with E-state index in [0.29, 0.717) is 11.7 Å². The molecule has 4 nitrogen and oxygen atoms in total. The Balaban J connectivity index is 2.06. The smallest absolute Gasteiger partial charge is 0.335 e. The molecule has 0 bridgehead atoms. The topological polar surface area (TPSA) is 58.6 Å². The van der Waals surface area contributed by atoms with Crippen molar-refractivity contribution in [3.8, 4) is 5.75 Å². The summed E-state index contributed by atoms with van der Waals surface area (Å²) in [5.74, 6) is 0.353. The second-order valence-electron chi connectivity index (χ2n) is 4.75. The van der Waals surface area contributed by atoms with Crippen LogP contribution in [0.3, 0.4) is 0 Å². The Bertz CT molecular complexity index is 482. The van der Waals surface area contributed by atoms with Gasteiger partial charge in [-0.25, -0.2) is 4.79 Å². The lowest BCUT2D eigenvalue weighted by Gasteiger charge is -2.20. The fraction of sp³-hybridized carbons (Fsp3) is 0.400. The van der Waals surface area contributed by atoms with Crippen molar-refractivity contribution in [2.75, 3.05) is 19.0 Å². The number of nitrogens with one attached hydrogen (secondary N) is 1. The first kappa shape index (κ1) is 13.5. The molecule has 1 unspecified atom stereocenters. The first-order chi connectivity index (χ1) is 9.20. The quantitative estimate of drug-likeness (QED) is 0.799. The highest BCUT2D eigenvalue weighted by Gasteiger charge is 2.12. The van der Waals surface area contributed by atoms with Crippen LogP contribution in [0.4, 0.5) is 5.69 Å². The van der Waals surface area contributed by atoms with E-state index in [1.54, 1.807) is 25.3 Å². The summed E-state index contributed by atoms with van der Waals surface area (Å²) in [5.41, 5.74) is 1.02. The van der Waals surface area contributed by atoms with Crippen molar-refractivity contribution < 1.29 is 14.6 Å². The molecule has 0 aromatic heterocycles. The third-order valence-corrected chi connectivity index (χ3v) is 3.41. The van der Waals surface area contributed by atoms with E-state index >= 15 is 0 Å². The molecule has 0 saturated carbocycles. The van der Waals surface area contributed by atoms with Crippen LogP contribution in [0.1, 0.15) is 29.6 Å². The van der Waals surface area contributed by atoms with Crippen LogP contribution in [0.5, 0.6) is 5.75 Å². The molecule has 0 aliphatic heterocycles. The third-order valence-electron chi connectivity index (χ3n) is 3.41. The highest BCUT2D eigenvalue weighted by molar-refractivity contribution is 5.89. The predicted molar refractivity (Wildman–Crippen MR) is 74.9 cm³/mol. The molecule has 1 aromatic rings. The zero-order valence-electron chi connectivity index (χ0n) is 11.1. The van der Waals surface area contributed by atoms with Crippen LogP contribution in [0.25, 0.3) is 0 Å². The van der Waals surface area contributed by atoms with Crippen molar-refractivity contribution in [3.63, 3.8) is 0 Å². The zero-order chi connectivity index (χ0) is 13.7. The fourth-order valence-corrected chi connectivity index (χ4v) is 2.28. The van der Waals surface area contributed by atoms with Gasteiger partial charge in [-0.3, -0.25) is 0 Å². The Morgan fingerprint density at radius 1 is 1.47 bits per heavy atom. The molecule has 0 fully saturated rings. The first-order valence-corrected chi connectivity index (χ1v) is 6.51. The molecule has 0 spiro atoms. The van der Waals surface area contributed by atoms with E-state index in [1.165, 1.54) is 6.42 Å². The largest absolute Gasteiger partial charge is 0.495 e. The van der Waals surface area contributed by atoms with Gasteiger partial charge in [-0.2, -0.15) is 0 Å². The van der Waals surface area contributed by atoms with Gasteiger partial charge < -0.3 is 15.2 Å². The minimum Gasteiger partial charge on any atom is -0.495 e. The number of rotatable bonds is 5. The summed E-state index contributed by atoms with van der Waals surface area (Å²) in [6.07, 6.45) is 7.79. The minimum atomic E-state index is -0.925. The van der Waals surface area contributed by atoms with Crippen LogP contribution >= 0.6 is 0 Å². The van der Waals surface area contributed by atoms with E-state index in [4.69, 9.17) is 9.84 Å². The number of benzene rings is 1. The minimum absolute atomic E-state index is 0.270. The van der Waals surface area contributed by atoms with Crippen LogP contribution in [0, 0.1) is 5.92 Å². The summed E-state index contributed by atoms with van der Waals surface area (Å²) in [5, 5.41) is 12.3. The Labute approximate surface area is 113 Å². The molecule has 2 N–H and O–H groups in total. The van der Waals surface area contributed by atoms with Crippen molar-refractivity contribution in [1.29, 1.82) is 0 Å². The fourth-order valence-electron chi connectivity index (χ4n) is 2.28. The molecule has 1 aromatic carbocycles. The van der Waals surface area contributed by atoms with Gasteiger partial charge in [0.1, 0.15) is 5.75 Å². The number of ether oxygens (including phenoxy) is 1. The van der Waals surface area contributed by atoms with Crippen molar-refractivity contribution in [2.24, 2.45) is 5.92 Å². The van der Waals surface area contributed by atoms with E-state index in [9.17, 15) is 4.79 Å². The standard InChI is InChI=1S/C15H19NO3/c1-19-14-8-7-12(15(17)18)9-13(14)16-10-11-5-3-2-4-6-11/h2-3,7-9,11,16H,4-6,10H2,1H3,(H,17,18). The number of anilines is 1. The zero-order valence-corrected chi connectivity index (χ0v) is 11.1. The van der Waals surface area contributed by atoms with Gasteiger partial charge in [0.25, 0.3) is 0 Å². The van der Waals surface area contributed by atoms with Gasteiger partial charge in [0.05, 0.1) is 18.4 Å². The van der Waals surface area contributed by atoms with Gasteiger partial charge in [-0.15, -0.1) is 0 Å². The molecule has 102 valence electrons. The van der Waals surface area contributed by atoms with Gasteiger partial charge in [0.2, 0.25) is 0 Å². The van der Waals surface area contributed by atoms with E-state index < -0.39 is 5.97 Å². The van der Waals surface area contributed by atoms with E-state index in [1.807, 2.05) is 0 Å². The number of carboxylic acid groups (broad SMARTS) is 1. The Kier molecular flexibility index (Phi) is 4.44. The number of hydrogen-bond acceptors (Lipinski definition) is 3. The molecule has 0 radical (unpaired) electrons. The molecule has 19 heavy (non-hydrogen) atoms. The summed E-state index contributed by atoms with van der Waals surface area (Å²) >= 11 is 0. The molecular weight excluding hydrogens is 242 g/mol. The third kappa shape index (κ3) is 3.50. The van der Waals surface area contributed by atoms with Gasteiger partial charge in [-0.1, -0.05) is 12.2 Å². The highest BCUT2D eigenvalue weighted by Crippen LogP contribution is 2.27. The lowest BCUT2D eigenvalue weighted by molar-refractivity contribution is 0.0697. The first-order valence-electron chi connectivity index (χ1n) is 6.51. The van der Waals surface area contributed by atoms with E-state index in [0.717, 1.165) is 25.1 Å². The van der Waals surface area contributed by atoms with Crippen LogP contribution in [0.15, 0.2) is 30.4 Å². The lowest BCUT2D eigenvalue weighted by Crippen LogP contribution is -2.16. The Morgan fingerprint density at radius 2 is 2.32 bits per heavy atom. The summed E-state index contributed by atoms with van der Waals surface area (Å²) in [4.78, 5) is 11.0. The molecule has 0 heterocycles. The maximum absolute atomic E-state index is 11.0. The maximum atomic E-state index is 11.0. The van der Waals surface area contributed by atoms with Crippen LogP contribution in [0.2, 0.25) is 0 Å². The Hall–Kier alpha value is -1.97. The Morgan fingerprint density at radius 3 is 2.95 bits per heavy atom. The number of carboxylic acids is 1. The maximum Gasteiger partial charge on any atom is 0.335 e. The SMILES string of the molecule is COc1ccc(C(=O)O)cc1NCC1CC=CCC1. The number of methoxy groups -OCH3 is 1. The molecule has 0 saturated heterocycles. The molecule has 0 amide bonds. The monoisotopic (exact) mass is 261 g/mol. The highest BCUT2D eigenvalue weighted by atomic mass is 16.5. The average Bonchev–Trinajstić information content (AvgIpc) is 2.45. The van der Waals surface area contributed by atoms with Crippen LogP contribution in [-0.2, 0) is 0 Å². The molecule has 2 rings (SSSR count). The normalized spacial score (nSPS) is 18.1. The molecule has 1 atom stereocenters. The predicted octanol–water partition coefficient (Wildman–Crippen LogP) is 3.16. The molecule has 4 heteroatoms. The van der Waals surface area contributed by atoms with Crippen molar-refractivity contribution in [3.05, 3.63) is 35.9 Å². The van der Waals surface area contributed by atoms with Gasteiger partial charge in [0, 0.05) is 6.54 Å².